The monoisotopic (exact) mass is 214 g/mol. The summed E-state index contributed by atoms with van der Waals surface area (Å²) in [6.45, 7) is 4.54. The van der Waals surface area contributed by atoms with Crippen LogP contribution in [0.15, 0.2) is 48.5 Å². The van der Waals surface area contributed by atoms with E-state index < -0.39 is 0 Å². The van der Waals surface area contributed by atoms with E-state index >= 15 is 0 Å². The standard InChI is InChI=1S/C16H15.Li/c1-11(2)16-14-9-5-3-7-12(14)13-8-4-6-10-15(13)16;/h3-11H,1-2H3;/q-1;+1. The molecule has 0 N–H and O–H groups in total. The molecule has 1 heteroatoms. The summed E-state index contributed by atoms with van der Waals surface area (Å²) >= 11 is 0. The van der Waals surface area contributed by atoms with Gasteiger partial charge in [0.2, 0.25) is 0 Å². The van der Waals surface area contributed by atoms with Crippen LogP contribution in [0.2, 0.25) is 0 Å². The molecule has 0 saturated heterocycles. The summed E-state index contributed by atoms with van der Waals surface area (Å²) in [5.74, 6) is 0.574. The van der Waals surface area contributed by atoms with Crippen molar-refractivity contribution in [2.24, 2.45) is 0 Å². The van der Waals surface area contributed by atoms with Gasteiger partial charge in [0.25, 0.3) is 0 Å². The third-order valence-corrected chi connectivity index (χ3v) is 3.30. The van der Waals surface area contributed by atoms with Crippen molar-refractivity contribution in [3.63, 3.8) is 0 Å². The van der Waals surface area contributed by atoms with Gasteiger partial charge in [-0.05, 0) is 5.92 Å². The van der Waals surface area contributed by atoms with E-state index in [1.165, 1.54) is 27.1 Å². The van der Waals surface area contributed by atoms with E-state index in [4.69, 9.17) is 0 Å². The van der Waals surface area contributed by atoms with Crippen LogP contribution in [0.4, 0.5) is 0 Å². The fourth-order valence-electron chi connectivity index (χ4n) is 2.67. The minimum absolute atomic E-state index is 0. The van der Waals surface area contributed by atoms with Gasteiger partial charge in [-0.3, -0.25) is 0 Å². The summed E-state index contributed by atoms with van der Waals surface area (Å²) < 4.78 is 0. The second kappa shape index (κ2) is 4.65. The van der Waals surface area contributed by atoms with Gasteiger partial charge in [-0.25, -0.2) is 0 Å². The van der Waals surface area contributed by atoms with Crippen molar-refractivity contribution in [2.45, 2.75) is 19.8 Å². The average molecular weight is 214 g/mol. The number of benzene rings is 2. The zero-order valence-electron chi connectivity index (χ0n) is 10.7. The van der Waals surface area contributed by atoms with E-state index in [1.807, 2.05) is 0 Å². The molecule has 0 nitrogen and oxygen atoms in total. The van der Waals surface area contributed by atoms with Gasteiger partial charge >= 0.3 is 18.9 Å². The summed E-state index contributed by atoms with van der Waals surface area (Å²) in [6.07, 6.45) is 0. The summed E-state index contributed by atoms with van der Waals surface area (Å²) in [6, 6.07) is 17.4. The molecule has 3 aromatic rings. The summed E-state index contributed by atoms with van der Waals surface area (Å²) in [5.41, 5.74) is 1.49. The topological polar surface area (TPSA) is 0 Å². The molecule has 0 atom stereocenters. The Bertz CT molecular complexity index is 593. The van der Waals surface area contributed by atoms with E-state index in [2.05, 4.69) is 62.4 Å². The van der Waals surface area contributed by atoms with Gasteiger partial charge in [0.05, 0.1) is 0 Å². The van der Waals surface area contributed by atoms with Crippen molar-refractivity contribution < 1.29 is 18.9 Å². The number of fused-ring (bicyclic) bond motifs is 3. The molecule has 0 radical (unpaired) electrons. The van der Waals surface area contributed by atoms with Crippen molar-refractivity contribution in [3.05, 3.63) is 54.1 Å². The van der Waals surface area contributed by atoms with E-state index in [1.54, 1.807) is 0 Å². The Labute approximate surface area is 114 Å². The Balaban J connectivity index is 0.00000108. The number of hydrogen-bond acceptors (Lipinski definition) is 0. The minimum atomic E-state index is 0. The Hall–Kier alpha value is -1.09. The quantitative estimate of drug-likeness (QED) is 0.428. The molecule has 17 heavy (non-hydrogen) atoms. The van der Waals surface area contributed by atoms with Gasteiger partial charge in [-0.2, -0.15) is 0 Å². The van der Waals surface area contributed by atoms with Crippen molar-refractivity contribution in [2.75, 3.05) is 0 Å². The van der Waals surface area contributed by atoms with Crippen LogP contribution >= 0.6 is 0 Å². The predicted molar refractivity (Wildman–Crippen MR) is 71.1 cm³/mol. The maximum absolute atomic E-state index is 2.27. The zero-order valence-corrected chi connectivity index (χ0v) is 10.7. The Kier molecular flexibility index (Phi) is 3.38. The van der Waals surface area contributed by atoms with Crippen LogP contribution in [-0.2, 0) is 0 Å². The van der Waals surface area contributed by atoms with E-state index in [0.29, 0.717) is 5.92 Å². The molecule has 0 aliphatic heterocycles. The van der Waals surface area contributed by atoms with Crippen molar-refractivity contribution >= 4 is 21.5 Å². The fourth-order valence-corrected chi connectivity index (χ4v) is 2.67. The van der Waals surface area contributed by atoms with Crippen molar-refractivity contribution in [1.29, 1.82) is 0 Å². The van der Waals surface area contributed by atoms with Crippen molar-refractivity contribution in [1.82, 2.24) is 0 Å². The minimum Gasteiger partial charge on any atom is -0.120 e. The third-order valence-electron chi connectivity index (χ3n) is 3.30. The van der Waals surface area contributed by atoms with Crippen LogP contribution < -0.4 is 18.9 Å². The van der Waals surface area contributed by atoms with Gasteiger partial charge in [-0.15, -0.1) is 39.2 Å². The van der Waals surface area contributed by atoms with Crippen LogP contribution in [0.1, 0.15) is 25.3 Å². The van der Waals surface area contributed by atoms with E-state index in [0.717, 1.165) is 0 Å². The number of hydrogen-bond donors (Lipinski definition) is 0. The largest absolute Gasteiger partial charge is 1.00 e. The van der Waals surface area contributed by atoms with Gasteiger partial charge in [0.15, 0.2) is 0 Å². The van der Waals surface area contributed by atoms with Gasteiger partial charge in [0, 0.05) is 0 Å². The Morgan fingerprint density at radius 2 is 1.18 bits per heavy atom. The molecule has 0 aliphatic carbocycles. The van der Waals surface area contributed by atoms with E-state index in [9.17, 15) is 0 Å². The number of rotatable bonds is 1. The van der Waals surface area contributed by atoms with Crippen LogP contribution in [-0.4, -0.2) is 0 Å². The maximum atomic E-state index is 2.27. The predicted octanol–water partition coefficient (Wildman–Crippen LogP) is 1.84. The second-order valence-corrected chi connectivity index (χ2v) is 4.66. The van der Waals surface area contributed by atoms with Crippen LogP contribution in [0.25, 0.3) is 21.5 Å². The summed E-state index contributed by atoms with van der Waals surface area (Å²) in [7, 11) is 0. The first-order valence-electron chi connectivity index (χ1n) is 5.85. The molecule has 0 fully saturated rings. The second-order valence-electron chi connectivity index (χ2n) is 4.66. The molecule has 0 spiro atoms. The molecule has 0 heterocycles. The molecule has 80 valence electrons. The average Bonchev–Trinajstić information content (AvgIpc) is 2.63. The zero-order chi connectivity index (χ0) is 11.1. The fraction of sp³-hybridized carbons (Fsp3) is 0.188. The Morgan fingerprint density at radius 1 is 0.765 bits per heavy atom. The van der Waals surface area contributed by atoms with Gasteiger partial charge in [0.1, 0.15) is 0 Å². The summed E-state index contributed by atoms with van der Waals surface area (Å²) in [5, 5.41) is 5.61. The summed E-state index contributed by atoms with van der Waals surface area (Å²) in [4.78, 5) is 0. The smallest absolute Gasteiger partial charge is 0.120 e. The Morgan fingerprint density at radius 3 is 1.59 bits per heavy atom. The SMILES string of the molecule is CC(C)[c-]1c2ccccc2c2ccccc21.[Li+]. The molecule has 0 unspecified atom stereocenters. The van der Waals surface area contributed by atoms with Gasteiger partial charge in [-0.1, -0.05) is 50.2 Å². The van der Waals surface area contributed by atoms with E-state index in [-0.39, 0.29) is 18.9 Å². The van der Waals surface area contributed by atoms with Crippen LogP contribution in [0, 0.1) is 0 Å². The molecular weight excluding hydrogens is 199 g/mol. The maximum Gasteiger partial charge on any atom is 1.00 e. The van der Waals surface area contributed by atoms with Crippen LogP contribution in [0.5, 0.6) is 0 Å². The molecule has 3 rings (SSSR count). The molecule has 3 aromatic carbocycles. The molecule has 0 bridgehead atoms. The van der Waals surface area contributed by atoms with Crippen molar-refractivity contribution in [3.8, 4) is 0 Å². The molecular formula is C16H15Li. The third kappa shape index (κ3) is 1.82. The first-order valence-corrected chi connectivity index (χ1v) is 5.85. The normalized spacial score (nSPS) is 11.0. The van der Waals surface area contributed by atoms with Crippen LogP contribution in [0.3, 0.4) is 0 Å². The van der Waals surface area contributed by atoms with Gasteiger partial charge < -0.3 is 0 Å². The molecule has 0 aromatic heterocycles. The molecule has 0 aliphatic rings. The first kappa shape index (κ1) is 12.4. The molecule has 0 saturated carbocycles. The first-order chi connectivity index (χ1) is 7.79. The molecule has 0 amide bonds.